The number of esters is 1. The van der Waals surface area contributed by atoms with E-state index < -0.39 is 5.97 Å². The zero-order valence-corrected chi connectivity index (χ0v) is 17.4. The first-order chi connectivity index (χ1) is 14.5. The minimum Gasteiger partial charge on any atom is -0.490 e. The van der Waals surface area contributed by atoms with Crippen LogP contribution in [0.4, 0.5) is 0 Å². The molecular weight excluding hydrogens is 382 g/mol. The number of hydrogen-bond donors (Lipinski definition) is 1. The van der Waals surface area contributed by atoms with E-state index in [9.17, 15) is 10.1 Å². The van der Waals surface area contributed by atoms with E-state index in [1.54, 1.807) is 24.3 Å². The summed E-state index contributed by atoms with van der Waals surface area (Å²) in [5.41, 5.74) is 4.85. The van der Waals surface area contributed by atoms with E-state index in [2.05, 4.69) is 20.8 Å². The fraction of sp³-hybridized carbons (Fsp3) is 0.261. The van der Waals surface area contributed by atoms with Crippen molar-refractivity contribution in [3.8, 4) is 17.6 Å². The van der Waals surface area contributed by atoms with Crippen LogP contribution in [0.5, 0.6) is 11.5 Å². The summed E-state index contributed by atoms with van der Waals surface area (Å²) < 4.78 is 15.9. The number of aryl methyl sites for hydroxylation is 2. The molecule has 0 atom stereocenters. The largest absolute Gasteiger partial charge is 0.490 e. The molecule has 1 aromatic heterocycles. The van der Waals surface area contributed by atoms with Crippen LogP contribution < -0.4 is 9.47 Å². The molecule has 0 aliphatic carbocycles. The van der Waals surface area contributed by atoms with E-state index in [0.717, 1.165) is 22.2 Å². The predicted octanol–water partition coefficient (Wildman–Crippen LogP) is 4.19. The molecule has 1 N–H and O–H groups in total. The number of H-pyrrole nitrogens is 1. The van der Waals surface area contributed by atoms with Crippen molar-refractivity contribution in [2.24, 2.45) is 0 Å². The second-order valence-corrected chi connectivity index (χ2v) is 6.68. The van der Waals surface area contributed by atoms with E-state index in [-0.39, 0.29) is 6.61 Å². The molecule has 2 aromatic carbocycles. The minimum absolute atomic E-state index is 0.271. The quantitative estimate of drug-likeness (QED) is 0.467. The Morgan fingerprint density at radius 2 is 2.00 bits per heavy atom. The molecule has 3 aromatic rings. The van der Waals surface area contributed by atoms with Gasteiger partial charge in [0.15, 0.2) is 18.1 Å². The van der Waals surface area contributed by atoms with E-state index in [1.807, 2.05) is 32.9 Å². The maximum atomic E-state index is 11.5. The van der Waals surface area contributed by atoms with Gasteiger partial charge < -0.3 is 19.2 Å². The number of rotatable bonds is 7. The molecule has 154 valence electrons. The van der Waals surface area contributed by atoms with E-state index in [4.69, 9.17) is 9.47 Å². The van der Waals surface area contributed by atoms with Gasteiger partial charge in [-0.3, -0.25) is 0 Å². The van der Waals surface area contributed by atoms with Crippen LogP contribution >= 0.6 is 0 Å². The minimum atomic E-state index is -0.514. The Morgan fingerprint density at radius 1 is 1.23 bits per heavy atom. The van der Waals surface area contributed by atoms with Gasteiger partial charge in [0, 0.05) is 5.56 Å². The molecule has 0 aliphatic rings. The number of hydrogen-bond acceptors (Lipinski definition) is 6. The first-order valence-electron chi connectivity index (χ1n) is 9.51. The normalized spacial score (nSPS) is 11.2. The molecule has 0 spiro atoms. The summed E-state index contributed by atoms with van der Waals surface area (Å²) in [5, 5.41) is 9.77. The molecule has 7 heteroatoms. The molecule has 0 bridgehead atoms. The summed E-state index contributed by atoms with van der Waals surface area (Å²) in [6.45, 7) is 6.06. The molecule has 0 fully saturated rings. The summed E-state index contributed by atoms with van der Waals surface area (Å²) >= 11 is 0. The van der Waals surface area contributed by atoms with Gasteiger partial charge in [0.05, 0.1) is 30.3 Å². The highest BCUT2D eigenvalue weighted by atomic mass is 16.6. The summed E-state index contributed by atoms with van der Waals surface area (Å²) in [6.07, 6.45) is 1.66. The zero-order valence-electron chi connectivity index (χ0n) is 17.4. The molecule has 0 unspecified atom stereocenters. The van der Waals surface area contributed by atoms with Crippen LogP contribution in [0.15, 0.2) is 30.3 Å². The zero-order chi connectivity index (χ0) is 21.7. The van der Waals surface area contributed by atoms with Crippen LogP contribution in [0.1, 0.15) is 29.4 Å². The third-order valence-corrected chi connectivity index (χ3v) is 4.64. The van der Waals surface area contributed by atoms with Crippen LogP contribution in [0.3, 0.4) is 0 Å². The monoisotopic (exact) mass is 405 g/mol. The number of carbonyl (C=O) groups is 1. The molecule has 0 radical (unpaired) electrons. The highest BCUT2D eigenvalue weighted by molar-refractivity contribution is 5.91. The molecule has 0 saturated heterocycles. The van der Waals surface area contributed by atoms with Crippen LogP contribution in [0.25, 0.3) is 22.7 Å². The SMILES string of the molecule is CCOc1cccc(/C=C(\C#N)c2nc3cc(C)c(C)cc3[nH]2)c1OCC(=O)OC. The molecule has 0 amide bonds. The molecule has 0 aliphatic heterocycles. The van der Waals surface area contributed by atoms with Gasteiger partial charge in [0.1, 0.15) is 11.9 Å². The fourth-order valence-corrected chi connectivity index (χ4v) is 2.97. The fourth-order valence-electron chi connectivity index (χ4n) is 2.97. The maximum absolute atomic E-state index is 11.5. The average molecular weight is 405 g/mol. The summed E-state index contributed by atoms with van der Waals surface area (Å²) in [6, 6.07) is 11.5. The van der Waals surface area contributed by atoms with Gasteiger partial charge in [-0.25, -0.2) is 9.78 Å². The predicted molar refractivity (Wildman–Crippen MR) is 114 cm³/mol. The number of aromatic nitrogens is 2. The maximum Gasteiger partial charge on any atom is 0.343 e. The second kappa shape index (κ2) is 9.14. The van der Waals surface area contributed by atoms with E-state index >= 15 is 0 Å². The van der Waals surface area contributed by atoms with Crippen molar-refractivity contribution < 1.29 is 19.0 Å². The van der Waals surface area contributed by atoms with Gasteiger partial charge >= 0.3 is 5.97 Å². The highest BCUT2D eigenvalue weighted by Gasteiger charge is 2.15. The molecule has 0 saturated carbocycles. The number of fused-ring (bicyclic) bond motifs is 1. The number of carbonyl (C=O) groups excluding carboxylic acids is 1. The molecule has 3 rings (SSSR count). The third-order valence-electron chi connectivity index (χ3n) is 4.64. The van der Waals surface area contributed by atoms with Gasteiger partial charge in [-0.2, -0.15) is 5.26 Å². The van der Waals surface area contributed by atoms with Crippen molar-refractivity contribution in [1.29, 1.82) is 5.26 Å². The average Bonchev–Trinajstić information content (AvgIpc) is 3.13. The van der Waals surface area contributed by atoms with Crippen LogP contribution in [-0.2, 0) is 9.53 Å². The van der Waals surface area contributed by atoms with Gasteiger partial charge in [0.2, 0.25) is 0 Å². The van der Waals surface area contributed by atoms with Crippen molar-refractivity contribution in [2.45, 2.75) is 20.8 Å². The number of nitrogens with zero attached hydrogens (tertiary/aromatic N) is 2. The number of ether oxygens (including phenoxy) is 3. The Bertz CT molecular complexity index is 1120. The topological polar surface area (TPSA) is 97.2 Å². The lowest BCUT2D eigenvalue weighted by atomic mass is 10.1. The van der Waals surface area contributed by atoms with Crippen molar-refractivity contribution in [1.82, 2.24) is 9.97 Å². The molecular formula is C23H23N3O4. The van der Waals surface area contributed by atoms with Crippen LogP contribution in [0, 0.1) is 25.2 Å². The Hall–Kier alpha value is -3.79. The van der Waals surface area contributed by atoms with Gasteiger partial charge in [0.25, 0.3) is 0 Å². The molecule has 1 heterocycles. The Balaban J connectivity index is 2.05. The Morgan fingerprint density at radius 3 is 2.70 bits per heavy atom. The van der Waals surface area contributed by atoms with Crippen LogP contribution in [0.2, 0.25) is 0 Å². The first-order valence-corrected chi connectivity index (χ1v) is 9.51. The Kier molecular flexibility index (Phi) is 6.38. The van der Waals surface area contributed by atoms with Crippen molar-refractivity contribution >= 4 is 28.7 Å². The Labute approximate surface area is 174 Å². The highest BCUT2D eigenvalue weighted by Crippen LogP contribution is 2.34. The number of imidazole rings is 1. The van der Waals surface area contributed by atoms with Gasteiger partial charge in [-0.1, -0.05) is 12.1 Å². The lowest BCUT2D eigenvalue weighted by molar-refractivity contribution is -0.142. The van der Waals surface area contributed by atoms with E-state index in [0.29, 0.717) is 35.1 Å². The molecule has 7 nitrogen and oxygen atoms in total. The standard InChI is InChI=1S/C23H23N3O4/c1-5-29-20-8-6-7-16(22(20)30-13-21(27)28-4)11-17(12-24)23-25-18-9-14(2)15(3)10-19(18)26-23/h6-11H,5,13H2,1-4H3,(H,25,26)/b17-11+. The molecule has 30 heavy (non-hydrogen) atoms. The number of aromatic amines is 1. The van der Waals surface area contributed by atoms with E-state index in [1.165, 1.54) is 7.11 Å². The van der Waals surface area contributed by atoms with Crippen molar-refractivity contribution in [2.75, 3.05) is 20.3 Å². The summed E-state index contributed by atoms with van der Waals surface area (Å²) in [5.74, 6) is 0.779. The third kappa shape index (κ3) is 4.44. The van der Waals surface area contributed by atoms with Gasteiger partial charge in [-0.05, 0) is 56.2 Å². The number of nitrogens with one attached hydrogen (secondary N) is 1. The first kappa shape index (κ1) is 20.9. The van der Waals surface area contributed by atoms with Gasteiger partial charge in [-0.15, -0.1) is 0 Å². The van der Waals surface area contributed by atoms with Crippen molar-refractivity contribution in [3.05, 3.63) is 52.8 Å². The number of para-hydroxylation sites is 1. The lowest BCUT2D eigenvalue weighted by Gasteiger charge is -2.14. The lowest BCUT2D eigenvalue weighted by Crippen LogP contribution is -2.13. The summed E-state index contributed by atoms with van der Waals surface area (Å²) in [4.78, 5) is 19.3. The number of nitriles is 1. The smallest absolute Gasteiger partial charge is 0.343 e. The second-order valence-electron chi connectivity index (χ2n) is 6.68. The van der Waals surface area contributed by atoms with Crippen molar-refractivity contribution in [3.63, 3.8) is 0 Å². The summed E-state index contributed by atoms with van der Waals surface area (Å²) in [7, 11) is 1.29. The number of allylic oxidation sites excluding steroid dienone is 1. The number of benzene rings is 2. The van der Waals surface area contributed by atoms with Crippen LogP contribution in [-0.4, -0.2) is 36.3 Å². The number of methoxy groups -OCH3 is 1.